The second kappa shape index (κ2) is 9.65. The predicted octanol–water partition coefficient (Wildman–Crippen LogP) is 5.83. The van der Waals surface area contributed by atoms with Crippen molar-refractivity contribution in [1.29, 1.82) is 0 Å². The maximum atomic E-state index is 14.9. The first-order valence-corrected chi connectivity index (χ1v) is 11.1. The molecule has 162 valence electrons. The summed E-state index contributed by atoms with van der Waals surface area (Å²) in [7, 11) is 0. The quantitative estimate of drug-likeness (QED) is 0.548. The van der Waals surface area contributed by atoms with Crippen LogP contribution >= 0.6 is 0 Å². The fraction of sp³-hybridized carbons (Fsp3) is 0.462. The van der Waals surface area contributed by atoms with E-state index in [4.69, 9.17) is 0 Å². The van der Waals surface area contributed by atoms with Crippen LogP contribution in [0.4, 0.5) is 10.1 Å². The number of rotatable bonds is 6. The minimum absolute atomic E-state index is 0.200. The molecule has 1 aromatic rings. The number of halogens is 1. The van der Waals surface area contributed by atoms with Gasteiger partial charge in [-0.3, -0.25) is 4.90 Å². The molecule has 0 N–H and O–H groups in total. The van der Waals surface area contributed by atoms with E-state index >= 15 is 0 Å². The maximum absolute atomic E-state index is 14.9. The van der Waals surface area contributed by atoms with E-state index in [1.165, 1.54) is 11.1 Å². The first-order chi connectivity index (χ1) is 14.3. The van der Waals surface area contributed by atoms with E-state index < -0.39 is 0 Å². The zero-order valence-electron chi connectivity index (χ0n) is 19.0. The van der Waals surface area contributed by atoms with Crippen LogP contribution in [0.2, 0.25) is 0 Å². The molecule has 1 unspecified atom stereocenters. The van der Waals surface area contributed by atoms with Crippen LogP contribution in [0.1, 0.15) is 46.1 Å². The van der Waals surface area contributed by atoms with Gasteiger partial charge < -0.3 is 9.80 Å². The van der Waals surface area contributed by atoms with Crippen molar-refractivity contribution in [2.45, 2.75) is 46.6 Å². The standard InChI is InChI=1S/C26H36FN3/c1-7-19(2)17-20(3)22(5)28-13-15-29(16-14-28)23(6)25-11-10-24(18-26(25)27)30-12-8-9-21(30)4/h7,10-11,17-18,22H,4,6,8-9,12-16H2,1-3,5H3/b19-7-,20-17-. The van der Waals surface area contributed by atoms with Crippen molar-refractivity contribution in [1.82, 2.24) is 9.80 Å². The molecule has 2 saturated heterocycles. The third-order valence-electron chi connectivity index (χ3n) is 6.62. The lowest BCUT2D eigenvalue weighted by atomic mass is 10.0. The Morgan fingerprint density at radius 2 is 1.83 bits per heavy atom. The average Bonchev–Trinajstić information content (AvgIpc) is 3.18. The Kier molecular flexibility index (Phi) is 7.19. The summed E-state index contributed by atoms with van der Waals surface area (Å²) in [6.07, 6.45) is 6.47. The molecule has 0 saturated carbocycles. The molecule has 0 aliphatic carbocycles. The first kappa shape index (κ1) is 22.4. The Morgan fingerprint density at radius 1 is 1.13 bits per heavy atom. The number of anilines is 1. The van der Waals surface area contributed by atoms with Crippen LogP contribution in [-0.4, -0.2) is 48.6 Å². The highest BCUT2D eigenvalue weighted by Crippen LogP contribution is 2.31. The lowest BCUT2D eigenvalue weighted by Gasteiger charge is -2.40. The molecule has 2 aliphatic heterocycles. The summed E-state index contributed by atoms with van der Waals surface area (Å²) in [6.45, 7) is 21.5. The Bertz CT molecular complexity index is 859. The molecule has 0 amide bonds. The van der Waals surface area contributed by atoms with Gasteiger partial charge in [-0.15, -0.1) is 0 Å². The van der Waals surface area contributed by atoms with Gasteiger partial charge in [-0.05, 0) is 58.7 Å². The topological polar surface area (TPSA) is 9.72 Å². The Hall–Kier alpha value is -2.33. The molecular weight excluding hydrogens is 373 g/mol. The molecule has 2 fully saturated rings. The van der Waals surface area contributed by atoms with Crippen LogP contribution in [-0.2, 0) is 0 Å². The highest BCUT2D eigenvalue weighted by molar-refractivity contribution is 5.66. The second-order valence-corrected chi connectivity index (χ2v) is 8.55. The highest BCUT2D eigenvalue weighted by atomic mass is 19.1. The van der Waals surface area contributed by atoms with Crippen molar-refractivity contribution in [3.8, 4) is 0 Å². The number of allylic oxidation sites excluding steroid dienone is 4. The van der Waals surface area contributed by atoms with Crippen molar-refractivity contribution in [2.24, 2.45) is 0 Å². The zero-order valence-corrected chi connectivity index (χ0v) is 19.0. The van der Waals surface area contributed by atoms with Gasteiger partial charge in [0.2, 0.25) is 0 Å². The second-order valence-electron chi connectivity index (χ2n) is 8.55. The molecule has 2 aliphatic rings. The largest absolute Gasteiger partial charge is 0.369 e. The monoisotopic (exact) mass is 409 g/mol. The summed E-state index contributed by atoms with van der Waals surface area (Å²) in [5.74, 6) is -0.200. The van der Waals surface area contributed by atoms with Crippen LogP contribution in [0, 0.1) is 5.82 Å². The van der Waals surface area contributed by atoms with Crippen molar-refractivity contribution in [3.63, 3.8) is 0 Å². The van der Waals surface area contributed by atoms with E-state index in [9.17, 15) is 4.39 Å². The molecular formula is C26H36FN3. The van der Waals surface area contributed by atoms with Gasteiger partial charge in [0.25, 0.3) is 0 Å². The summed E-state index contributed by atoms with van der Waals surface area (Å²) in [4.78, 5) is 6.82. The van der Waals surface area contributed by atoms with E-state index in [0.29, 0.717) is 11.6 Å². The zero-order chi connectivity index (χ0) is 21.8. The van der Waals surface area contributed by atoms with Crippen LogP contribution < -0.4 is 4.90 Å². The molecule has 1 atom stereocenters. The van der Waals surface area contributed by atoms with Gasteiger partial charge in [0.1, 0.15) is 5.82 Å². The molecule has 0 aromatic heterocycles. The molecule has 3 nitrogen and oxygen atoms in total. The predicted molar refractivity (Wildman–Crippen MR) is 127 cm³/mol. The minimum atomic E-state index is -0.200. The van der Waals surface area contributed by atoms with Gasteiger partial charge in [-0.25, -0.2) is 4.39 Å². The molecule has 0 bridgehead atoms. The first-order valence-electron chi connectivity index (χ1n) is 11.1. The van der Waals surface area contributed by atoms with Gasteiger partial charge in [0.05, 0.1) is 0 Å². The van der Waals surface area contributed by atoms with E-state index in [-0.39, 0.29) is 5.82 Å². The fourth-order valence-corrected chi connectivity index (χ4v) is 4.35. The van der Waals surface area contributed by atoms with E-state index in [0.717, 1.165) is 62.6 Å². The third-order valence-corrected chi connectivity index (χ3v) is 6.62. The summed E-state index contributed by atoms with van der Waals surface area (Å²) in [6, 6.07) is 5.91. The van der Waals surface area contributed by atoms with Gasteiger partial charge >= 0.3 is 0 Å². The summed E-state index contributed by atoms with van der Waals surface area (Å²) in [5, 5.41) is 0. The smallest absolute Gasteiger partial charge is 0.134 e. The molecule has 30 heavy (non-hydrogen) atoms. The maximum Gasteiger partial charge on any atom is 0.134 e. The van der Waals surface area contributed by atoms with Crippen LogP contribution in [0.25, 0.3) is 5.70 Å². The Labute approximate surface area is 181 Å². The van der Waals surface area contributed by atoms with Gasteiger partial charge in [0.15, 0.2) is 0 Å². The normalized spacial score (nSPS) is 20.1. The molecule has 4 heteroatoms. The van der Waals surface area contributed by atoms with Crippen molar-refractivity contribution >= 4 is 11.4 Å². The summed E-state index contributed by atoms with van der Waals surface area (Å²) in [5.41, 5.74) is 6.02. The number of benzene rings is 1. The Morgan fingerprint density at radius 3 is 2.40 bits per heavy atom. The Balaban J connectivity index is 1.62. The lowest BCUT2D eigenvalue weighted by Crippen LogP contribution is -2.49. The van der Waals surface area contributed by atoms with E-state index in [1.807, 2.05) is 12.1 Å². The fourth-order valence-electron chi connectivity index (χ4n) is 4.35. The molecule has 3 rings (SSSR count). The van der Waals surface area contributed by atoms with Gasteiger partial charge in [0, 0.05) is 61.4 Å². The van der Waals surface area contributed by atoms with E-state index in [2.05, 4.69) is 67.7 Å². The van der Waals surface area contributed by atoms with Crippen LogP contribution in [0.5, 0.6) is 0 Å². The molecule has 1 aromatic carbocycles. The van der Waals surface area contributed by atoms with Crippen LogP contribution in [0.15, 0.2) is 60.4 Å². The lowest BCUT2D eigenvalue weighted by molar-refractivity contribution is 0.150. The van der Waals surface area contributed by atoms with Gasteiger partial charge in [-0.2, -0.15) is 0 Å². The third kappa shape index (κ3) is 4.86. The van der Waals surface area contributed by atoms with Crippen molar-refractivity contribution < 1.29 is 4.39 Å². The number of hydrogen-bond donors (Lipinski definition) is 0. The SMILES string of the molecule is C=C(c1ccc(N2CCCC2=C)cc1F)N1CCN(C(C)/C(C)=C\C(C)=C/C)CC1. The summed E-state index contributed by atoms with van der Waals surface area (Å²) < 4.78 is 14.9. The number of piperazine rings is 1. The molecule has 0 spiro atoms. The number of nitrogens with zero attached hydrogens (tertiary/aromatic N) is 3. The average molecular weight is 410 g/mol. The molecule has 2 heterocycles. The highest BCUT2D eigenvalue weighted by Gasteiger charge is 2.24. The van der Waals surface area contributed by atoms with Gasteiger partial charge in [-0.1, -0.05) is 36.5 Å². The van der Waals surface area contributed by atoms with E-state index in [1.54, 1.807) is 6.07 Å². The minimum Gasteiger partial charge on any atom is -0.369 e. The molecule has 0 radical (unpaired) electrons. The van der Waals surface area contributed by atoms with Crippen molar-refractivity contribution in [3.05, 3.63) is 71.7 Å². The van der Waals surface area contributed by atoms with Crippen molar-refractivity contribution in [2.75, 3.05) is 37.6 Å². The number of hydrogen-bond acceptors (Lipinski definition) is 3. The van der Waals surface area contributed by atoms with Crippen LogP contribution in [0.3, 0.4) is 0 Å². The summed E-state index contributed by atoms with van der Waals surface area (Å²) >= 11 is 0.